The lowest BCUT2D eigenvalue weighted by Gasteiger charge is -2.35. The lowest BCUT2D eigenvalue weighted by atomic mass is 10.0. The van der Waals surface area contributed by atoms with Crippen molar-refractivity contribution in [2.24, 2.45) is 0 Å². The first-order chi connectivity index (χ1) is 20.6. The highest BCUT2D eigenvalue weighted by Crippen LogP contribution is 2.40. The Kier molecular flexibility index (Phi) is 8.68. The van der Waals surface area contributed by atoms with Gasteiger partial charge in [0.15, 0.2) is 0 Å². The monoisotopic (exact) mass is 566 g/mol. The summed E-state index contributed by atoms with van der Waals surface area (Å²) in [6.07, 6.45) is 12.7. The van der Waals surface area contributed by atoms with Crippen molar-refractivity contribution in [2.45, 2.75) is 76.7 Å². The highest BCUT2D eigenvalue weighted by atomic mass is 16.5. The summed E-state index contributed by atoms with van der Waals surface area (Å²) in [6.45, 7) is 5.13. The zero-order valence-corrected chi connectivity index (χ0v) is 24.7. The molecule has 8 nitrogen and oxygen atoms in total. The van der Waals surface area contributed by atoms with Gasteiger partial charge in [-0.2, -0.15) is 5.10 Å². The molecule has 42 heavy (non-hydrogen) atoms. The van der Waals surface area contributed by atoms with Gasteiger partial charge < -0.3 is 14.5 Å². The van der Waals surface area contributed by atoms with E-state index >= 15 is 0 Å². The van der Waals surface area contributed by atoms with E-state index in [1.165, 1.54) is 31.2 Å². The number of ether oxygens (including phenoxy) is 1. The lowest BCUT2D eigenvalue weighted by molar-refractivity contribution is -0.131. The van der Waals surface area contributed by atoms with Gasteiger partial charge in [-0.15, -0.1) is 0 Å². The van der Waals surface area contributed by atoms with E-state index in [0.29, 0.717) is 6.42 Å². The summed E-state index contributed by atoms with van der Waals surface area (Å²) in [5.74, 6) is 2.01. The van der Waals surface area contributed by atoms with Crippen LogP contribution in [0.1, 0.15) is 70.3 Å². The van der Waals surface area contributed by atoms with Crippen LogP contribution < -0.4 is 9.64 Å². The van der Waals surface area contributed by atoms with Crippen LogP contribution in [0.5, 0.6) is 5.75 Å². The number of carbonyl (C=O) groups excluding carboxylic acids is 1. The molecule has 1 saturated heterocycles. The van der Waals surface area contributed by atoms with E-state index in [1.807, 2.05) is 23.1 Å². The number of carbonyl (C=O) groups is 1. The topological polar surface area (TPSA) is 87.2 Å². The van der Waals surface area contributed by atoms with Crippen LogP contribution in [0, 0.1) is 0 Å². The molecule has 0 atom stereocenters. The Labute approximate surface area is 248 Å². The first kappa shape index (κ1) is 28.2. The van der Waals surface area contributed by atoms with Crippen molar-refractivity contribution in [3.63, 3.8) is 0 Å². The summed E-state index contributed by atoms with van der Waals surface area (Å²) in [5, 5.41) is 8.68. The van der Waals surface area contributed by atoms with Crippen LogP contribution in [0.25, 0.3) is 22.3 Å². The number of hydrogen-bond donors (Lipinski definition) is 1. The van der Waals surface area contributed by atoms with Crippen LogP contribution >= 0.6 is 0 Å². The Morgan fingerprint density at radius 1 is 0.905 bits per heavy atom. The van der Waals surface area contributed by atoms with Gasteiger partial charge in [-0.05, 0) is 62.8 Å². The van der Waals surface area contributed by atoms with Crippen LogP contribution in [0.4, 0.5) is 5.82 Å². The summed E-state index contributed by atoms with van der Waals surface area (Å²) < 4.78 is 6.18. The molecule has 1 aliphatic heterocycles. The fraction of sp³-hybridized carbons (Fsp3) is 0.471. The largest absolute Gasteiger partial charge is 0.488 e. The first-order valence-electron chi connectivity index (χ1n) is 15.6. The van der Waals surface area contributed by atoms with Crippen LogP contribution in [0.15, 0.2) is 60.9 Å². The van der Waals surface area contributed by atoms with E-state index in [9.17, 15) is 4.79 Å². The highest BCUT2D eigenvalue weighted by molar-refractivity contribution is 5.93. The Morgan fingerprint density at radius 3 is 2.45 bits per heavy atom. The van der Waals surface area contributed by atoms with E-state index in [-0.39, 0.29) is 11.5 Å². The molecule has 6 rings (SSSR count). The Bertz CT molecular complexity index is 1470. The zero-order chi connectivity index (χ0) is 28.8. The number of amides is 1. The predicted octanol–water partition coefficient (Wildman–Crippen LogP) is 6.57. The Morgan fingerprint density at radius 2 is 1.67 bits per heavy atom. The van der Waals surface area contributed by atoms with Gasteiger partial charge in [0.1, 0.15) is 29.2 Å². The molecule has 1 aliphatic carbocycles. The number of unbranched alkanes of at least 4 members (excludes halogenated alkanes) is 5. The fourth-order valence-electron chi connectivity index (χ4n) is 5.76. The number of aromatic amines is 1. The average molecular weight is 567 g/mol. The quantitative estimate of drug-likeness (QED) is 0.184. The highest BCUT2D eigenvalue weighted by Gasteiger charge is 2.40. The molecule has 4 aromatic rings. The smallest absolute Gasteiger partial charge is 0.222 e. The van der Waals surface area contributed by atoms with Gasteiger partial charge in [0.2, 0.25) is 5.91 Å². The van der Waals surface area contributed by atoms with Crippen molar-refractivity contribution in [1.82, 2.24) is 25.1 Å². The maximum atomic E-state index is 12.8. The molecule has 2 aromatic heterocycles. The van der Waals surface area contributed by atoms with Crippen LogP contribution in [-0.2, 0) is 11.2 Å². The zero-order valence-electron chi connectivity index (χ0n) is 24.7. The second-order valence-electron chi connectivity index (χ2n) is 12.1. The minimum Gasteiger partial charge on any atom is -0.488 e. The molecule has 2 aliphatic rings. The van der Waals surface area contributed by atoms with E-state index < -0.39 is 0 Å². The molecule has 220 valence electrons. The van der Waals surface area contributed by atoms with Crippen LogP contribution in [0.2, 0.25) is 0 Å². The van der Waals surface area contributed by atoms with Gasteiger partial charge in [0, 0.05) is 44.1 Å². The fourth-order valence-corrected chi connectivity index (χ4v) is 5.76. The molecule has 2 aromatic carbocycles. The maximum Gasteiger partial charge on any atom is 0.222 e. The number of anilines is 1. The number of nitrogens with one attached hydrogen (secondary N) is 1. The summed E-state index contributed by atoms with van der Waals surface area (Å²) in [7, 11) is 0. The number of hydrogen-bond acceptors (Lipinski definition) is 6. The molecule has 0 radical (unpaired) electrons. The molecule has 3 heterocycles. The third-order valence-corrected chi connectivity index (χ3v) is 8.65. The van der Waals surface area contributed by atoms with Gasteiger partial charge in [-0.1, -0.05) is 56.0 Å². The first-order valence-corrected chi connectivity index (χ1v) is 15.6. The molecule has 0 unspecified atom stereocenters. The van der Waals surface area contributed by atoms with Crippen LogP contribution in [-0.4, -0.2) is 62.8 Å². The van der Waals surface area contributed by atoms with Crippen LogP contribution in [0.3, 0.4) is 0 Å². The van der Waals surface area contributed by atoms with E-state index in [4.69, 9.17) is 4.74 Å². The van der Waals surface area contributed by atoms with Crippen molar-refractivity contribution in [1.29, 1.82) is 0 Å². The van der Waals surface area contributed by atoms with Crippen molar-refractivity contribution < 1.29 is 9.53 Å². The van der Waals surface area contributed by atoms with Gasteiger partial charge in [-0.25, -0.2) is 9.97 Å². The summed E-state index contributed by atoms with van der Waals surface area (Å²) in [5.41, 5.74) is 3.92. The number of aromatic nitrogens is 4. The average Bonchev–Trinajstić information content (AvgIpc) is 3.60. The van der Waals surface area contributed by atoms with Crippen molar-refractivity contribution in [2.75, 3.05) is 31.1 Å². The molecule has 8 heteroatoms. The molecule has 1 N–H and O–H groups in total. The third kappa shape index (κ3) is 7.09. The number of rotatable bonds is 13. The van der Waals surface area contributed by atoms with E-state index in [0.717, 1.165) is 92.1 Å². The predicted molar refractivity (Wildman–Crippen MR) is 167 cm³/mol. The number of piperazine rings is 1. The standard InChI is InChI=1S/C34H42N6O2/c1-34(17-18-34)42-27-15-16-29-28(23-27)33(38-37-29)30-24-31(36-25-35-30)39-19-21-40(22-20-39)32(41)14-10-5-3-2-4-7-11-26-12-8-6-9-13-26/h6,8-9,12-13,15-16,23-25H,2-5,7,10-11,14,17-22H2,1H3,(H,37,38). The number of aryl methyl sites for hydroxylation is 1. The minimum absolute atomic E-state index is 0.0358. The SMILES string of the molecule is CC1(Oc2ccc3[nH]nc(-c4cc(N5CCN(C(=O)CCCCCCCCc6ccccc6)CC5)ncn4)c3c2)CC1. The number of nitrogens with zero attached hydrogens (tertiary/aromatic N) is 5. The van der Waals surface area contributed by atoms with Gasteiger partial charge >= 0.3 is 0 Å². The molecule has 1 saturated carbocycles. The number of benzene rings is 2. The molecule has 0 bridgehead atoms. The van der Waals surface area contributed by atoms with E-state index in [2.05, 4.69) is 68.4 Å². The third-order valence-electron chi connectivity index (χ3n) is 8.65. The Hall–Kier alpha value is -3.94. The lowest BCUT2D eigenvalue weighted by Crippen LogP contribution is -2.49. The summed E-state index contributed by atoms with van der Waals surface area (Å²) >= 11 is 0. The number of fused-ring (bicyclic) bond motifs is 1. The van der Waals surface area contributed by atoms with E-state index in [1.54, 1.807) is 6.33 Å². The molecular weight excluding hydrogens is 524 g/mol. The maximum absolute atomic E-state index is 12.8. The minimum atomic E-state index is -0.0358. The second-order valence-corrected chi connectivity index (χ2v) is 12.1. The van der Waals surface area contributed by atoms with Gasteiger partial charge in [0.25, 0.3) is 0 Å². The molecular formula is C34H42N6O2. The molecule has 2 fully saturated rings. The Balaban J connectivity index is 0.944. The second kappa shape index (κ2) is 12.9. The molecule has 1 amide bonds. The molecule has 0 spiro atoms. The van der Waals surface area contributed by atoms with Gasteiger partial charge in [0.05, 0.1) is 11.2 Å². The van der Waals surface area contributed by atoms with Gasteiger partial charge in [-0.3, -0.25) is 9.89 Å². The van der Waals surface area contributed by atoms with Crippen molar-refractivity contribution >= 4 is 22.6 Å². The normalized spacial score (nSPS) is 16.1. The summed E-state index contributed by atoms with van der Waals surface area (Å²) in [4.78, 5) is 26.2. The number of H-pyrrole nitrogens is 1. The van der Waals surface area contributed by atoms with Crippen molar-refractivity contribution in [3.8, 4) is 17.1 Å². The summed E-state index contributed by atoms with van der Waals surface area (Å²) in [6, 6.07) is 18.8. The van der Waals surface area contributed by atoms with Crippen molar-refractivity contribution in [3.05, 3.63) is 66.5 Å².